The first-order valence-corrected chi connectivity index (χ1v) is 10.2. The van der Waals surface area contributed by atoms with Crippen LogP contribution < -0.4 is 5.32 Å². The quantitative estimate of drug-likeness (QED) is 0.489. The van der Waals surface area contributed by atoms with Crippen molar-refractivity contribution in [3.05, 3.63) is 23.8 Å². The number of amides is 2. The summed E-state index contributed by atoms with van der Waals surface area (Å²) in [7, 11) is 0. The fraction of sp³-hybridized carbons (Fsp3) is 0.526. The lowest BCUT2D eigenvalue weighted by Gasteiger charge is -2.27. The molecule has 1 aromatic rings. The van der Waals surface area contributed by atoms with Crippen LogP contribution in [0.3, 0.4) is 0 Å². The van der Waals surface area contributed by atoms with E-state index in [9.17, 15) is 29.7 Å². The number of rotatable bonds is 7. The van der Waals surface area contributed by atoms with Gasteiger partial charge in [0.25, 0.3) is 0 Å². The third-order valence-corrected chi connectivity index (χ3v) is 5.44. The number of benzene rings is 1. The number of aliphatic hydroxyl groups is 1. The SMILES string of the molecule is CCSC(=O)C1CCCN1C(=O)C(C)NC(=O)C(O)Cc1ccc(O)c(O)c1. The maximum atomic E-state index is 12.7. The predicted octanol–water partition coefficient (Wildman–Crippen LogP) is 0.777. The summed E-state index contributed by atoms with van der Waals surface area (Å²) < 4.78 is 0. The fourth-order valence-electron chi connectivity index (χ4n) is 3.15. The summed E-state index contributed by atoms with van der Waals surface area (Å²) in [6.45, 7) is 3.86. The molecule has 0 aromatic heterocycles. The third-order valence-electron chi connectivity index (χ3n) is 4.60. The van der Waals surface area contributed by atoms with E-state index >= 15 is 0 Å². The highest BCUT2D eigenvalue weighted by Gasteiger charge is 2.36. The number of carbonyl (C=O) groups excluding carboxylic acids is 3. The van der Waals surface area contributed by atoms with Gasteiger partial charge in [0.15, 0.2) is 11.5 Å². The fourth-order valence-corrected chi connectivity index (χ4v) is 3.87. The largest absolute Gasteiger partial charge is 0.504 e. The zero-order valence-electron chi connectivity index (χ0n) is 15.9. The summed E-state index contributed by atoms with van der Waals surface area (Å²) in [4.78, 5) is 38.6. The number of likely N-dealkylation sites (tertiary alicyclic amines) is 1. The summed E-state index contributed by atoms with van der Waals surface area (Å²) in [6.07, 6.45) is -0.157. The number of phenols is 2. The van der Waals surface area contributed by atoms with E-state index < -0.39 is 24.1 Å². The number of aliphatic hydroxyl groups excluding tert-OH is 1. The Bertz CT molecular complexity index is 741. The number of hydrogen-bond donors (Lipinski definition) is 4. The second-order valence-electron chi connectivity index (χ2n) is 6.71. The summed E-state index contributed by atoms with van der Waals surface area (Å²) in [5.74, 6) is -1.07. The highest BCUT2D eigenvalue weighted by molar-refractivity contribution is 8.13. The average molecular weight is 410 g/mol. The van der Waals surface area contributed by atoms with Crippen molar-refractivity contribution in [2.75, 3.05) is 12.3 Å². The van der Waals surface area contributed by atoms with Crippen molar-refractivity contribution in [3.63, 3.8) is 0 Å². The standard InChI is InChI=1S/C19H26N2O6S/c1-3-28-19(27)13-5-4-8-21(13)18(26)11(2)20-17(25)16(24)10-12-6-7-14(22)15(23)9-12/h6-7,9,11,13,16,22-24H,3-5,8,10H2,1-2H3,(H,20,25). The summed E-state index contributed by atoms with van der Waals surface area (Å²) in [6, 6.07) is 2.65. The Morgan fingerprint density at radius 2 is 2.00 bits per heavy atom. The van der Waals surface area contributed by atoms with Crippen LogP contribution in [0.15, 0.2) is 18.2 Å². The molecule has 1 aromatic carbocycles. The molecule has 3 atom stereocenters. The molecule has 0 radical (unpaired) electrons. The van der Waals surface area contributed by atoms with Crippen molar-refractivity contribution < 1.29 is 29.7 Å². The Balaban J connectivity index is 1.93. The van der Waals surface area contributed by atoms with E-state index in [-0.39, 0.29) is 28.9 Å². The molecule has 1 aliphatic heterocycles. The van der Waals surface area contributed by atoms with Gasteiger partial charge in [-0.05, 0) is 43.2 Å². The average Bonchev–Trinajstić information content (AvgIpc) is 3.14. The molecule has 0 bridgehead atoms. The first-order chi connectivity index (χ1) is 13.2. The highest BCUT2D eigenvalue weighted by Crippen LogP contribution is 2.26. The van der Waals surface area contributed by atoms with Crippen molar-refractivity contribution in [2.24, 2.45) is 0 Å². The molecule has 1 saturated heterocycles. The minimum absolute atomic E-state index is 0.0425. The van der Waals surface area contributed by atoms with E-state index in [2.05, 4.69) is 5.32 Å². The van der Waals surface area contributed by atoms with Crippen molar-refractivity contribution in [1.82, 2.24) is 10.2 Å². The Kier molecular flexibility index (Phi) is 7.70. The van der Waals surface area contributed by atoms with E-state index in [1.807, 2.05) is 6.92 Å². The van der Waals surface area contributed by atoms with Crippen molar-refractivity contribution in [1.29, 1.82) is 0 Å². The van der Waals surface area contributed by atoms with Gasteiger partial charge >= 0.3 is 0 Å². The van der Waals surface area contributed by atoms with Crippen LogP contribution in [0.2, 0.25) is 0 Å². The molecule has 154 valence electrons. The Labute approximate surface area is 167 Å². The monoisotopic (exact) mass is 410 g/mol. The van der Waals surface area contributed by atoms with Gasteiger partial charge in [-0.25, -0.2) is 0 Å². The minimum Gasteiger partial charge on any atom is -0.504 e. The number of thioether (sulfide) groups is 1. The molecular formula is C19H26N2O6S. The van der Waals surface area contributed by atoms with Gasteiger partial charge in [-0.1, -0.05) is 24.8 Å². The predicted molar refractivity (Wildman–Crippen MR) is 105 cm³/mol. The van der Waals surface area contributed by atoms with Crippen LogP contribution in [0.5, 0.6) is 11.5 Å². The van der Waals surface area contributed by atoms with Crippen molar-refractivity contribution >= 4 is 28.7 Å². The summed E-state index contributed by atoms with van der Waals surface area (Å²) in [5.41, 5.74) is 0.457. The molecule has 0 saturated carbocycles. The van der Waals surface area contributed by atoms with Crippen LogP contribution in [-0.2, 0) is 20.8 Å². The van der Waals surface area contributed by atoms with Crippen LogP contribution in [0.1, 0.15) is 32.3 Å². The smallest absolute Gasteiger partial charge is 0.249 e. The third kappa shape index (κ3) is 5.39. The lowest BCUT2D eigenvalue weighted by molar-refractivity contribution is -0.140. The van der Waals surface area contributed by atoms with Gasteiger partial charge in [-0.15, -0.1) is 0 Å². The molecule has 8 nitrogen and oxygen atoms in total. The molecule has 1 aliphatic rings. The van der Waals surface area contributed by atoms with Crippen LogP contribution in [-0.4, -0.2) is 67.6 Å². The second kappa shape index (κ2) is 9.79. The van der Waals surface area contributed by atoms with Crippen molar-refractivity contribution in [2.45, 2.75) is 51.3 Å². The Morgan fingerprint density at radius 3 is 2.64 bits per heavy atom. The van der Waals surface area contributed by atoms with Crippen molar-refractivity contribution in [3.8, 4) is 11.5 Å². The van der Waals surface area contributed by atoms with Gasteiger partial charge in [-0.3, -0.25) is 14.4 Å². The lowest BCUT2D eigenvalue weighted by atomic mass is 10.1. The molecule has 0 aliphatic carbocycles. The van der Waals surface area contributed by atoms with Crippen LogP contribution in [0, 0.1) is 0 Å². The van der Waals surface area contributed by atoms with Crippen LogP contribution in [0.4, 0.5) is 0 Å². The van der Waals surface area contributed by atoms with Crippen LogP contribution in [0.25, 0.3) is 0 Å². The molecule has 2 rings (SSSR count). The molecular weight excluding hydrogens is 384 g/mol. The number of nitrogens with zero attached hydrogens (tertiary/aromatic N) is 1. The number of hydrogen-bond acceptors (Lipinski definition) is 7. The molecule has 9 heteroatoms. The number of phenolic OH excluding ortho intramolecular Hbond substituents is 2. The lowest BCUT2D eigenvalue weighted by Crippen LogP contribution is -2.52. The van der Waals surface area contributed by atoms with E-state index in [1.165, 1.54) is 41.8 Å². The van der Waals surface area contributed by atoms with E-state index in [0.717, 1.165) is 6.42 Å². The maximum Gasteiger partial charge on any atom is 0.249 e. The van der Waals surface area contributed by atoms with Gasteiger partial charge in [0.05, 0.1) is 0 Å². The van der Waals surface area contributed by atoms with Crippen LogP contribution >= 0.6 is 11.8 Å². The van der Waals surface area contributed by atoms with Gasteiger partial charge in [-0.2, -0.15) is 0 Å². The highest BCUT2D eigenvalue weighted by atomic mass is 32.2. The first kappa shape index (κ1) is 22.0. The van der Waals surface area contributed by atoms with E-state index in [4.69, 9.17) is 0 Å². The zero-order chi connectivity index (χ0) is 20.8. The minimum atomic E-state index is -1.43. The normalized spacial score (nSPS) is 18.5. The molecule has 4 N–H and O–H groups in total. The zero-order valence-corrected chi connectivity index (χ0v) is 16.7. The van der Waals surface area contributed by atoms with Gasteiger partial charge in [0.1, 0.15) is 18.2 Å². The molecule has 3 unspecified atom stereocenters. The summed E-state index contributed by atoms with van der Waals surface area (Å²) >= 11 is 1.19. The molecule has 1 heterocycles. The summed E-state index contributed by atoms with van der Waals surface area (Å²) in [5, 5.41) is 31.3. The molecule has 1 fully saturated rings. The van der Waals surface area contributed by atoms with Gasteiger partial charge in [0, 0.05) is 13.0 Å². The molecule has 2 amide bonds. The van der Waals surface area contributed by atoms with E-state index in [1.54, 1.807) is 0 Å². The number of aromatic hydroxyl groups is 2. The van der Waals surface area contributed by atoms with Gasteiger partial charge < -0.3 is 25.5 Å². The Morgan fingerprint density at radius 1 is 1.29 bits per heavy atom. The molecule has 28 heavy (non-hydrogen) atoms. The molecule has 0 spiro atoms. The second-order valence-corrected chi connectivity index (χ2v) is 7.98. The Hall–Kier alpha value is -2.26. The first-order valence-electron chi connectivity index (χ1n) is 9.21. The topological polar surface area (TPSA) is 127 Å². The number of carbonyl (C=O) groups is 3. The maximum absolute atomic E-state index is 12.7. The van der Waals surface area contributed by atoms with E-state index in [0.29, 0.717) is 24.3 Å². The van der Waals surface area contributed by atoms with Gasteiger partial charge in [0.2, 0.25) is 16.9 Å². The number of nitrogens with one attached hydrogen (secondary N) is 1.